The lowest BCUT2D eigenvalue weighted by Gasteiger charge is -2.41. The Labute approximate surface area is 116 Å². The van der Waals surface area contributed by atoms with E-state index in [1.807, 2.05) is 18.2 Å². The molecule has 1 aliphatic rings. The molecule has 18 heavy (non-hydrogen) atoms. The van der Waals surface area contributed by atoms with Crippen LogP contribution in [0.4, 0.5) is 5.13 Å². The topological polar surface area (TPSA) is 24.9 Å². The highest BCUT2D eigenvalue weighted by atomic mass is 35.5. The Bertz CT molecular complexity index is 554. The zero-order valence-electron chi connectivity index (χ0n) is 10.5. The van der Waals surface area contributed by atoms with E-state index in [1.165, 1.54) is 25.7 Å². The summed E-state index contributed by atoms with van der Waals surface area (Å²) in [6.45, 7) is 3.33. The van der Waals surface area contributed by atoms with Crippen LogP contribution in [-0.2, 0) is 0 Å². The first kappa shape index (κ1) is 12.2. The molecule has 1 heterocycles. The van der Waals surface area contributed by atoms with Gasteiger partial charge in [-0.3, -0.25) is 0 Å². The van der Waals surface area contributed by atoms with Crippen molar-refractivity contribution in [2.24, 2.45) is 5.41 Å². The molecule has 2 nitrogen and oxygen atoms in total. The summed E-state index contributed by atoms with van der Waals surface area (Å²) in [6, 6.07) is 5.89. The predicted octanol–water partition coefficient (Wildman–Crippen LogP) is 4.94. The molecular weight excluding hydrogens is 264 g/mol. The lowest BCUT2D eigenvalue weighted by Crippen LogP contribution is -2.35. The van der Waals surface area contributed by atoms with Gasteiger partial charge in [-0.1, -0.05) is 42.3 Å². The zero-order valence-corrected chi connectivity index (χ0v) is 12.1. The van der Waals surface area contributed by atoms with E-state index < -0.39 is 0 Å². The minimum atomic E-state index is 0.516. The molecule has 0 unspecified atom stereocenters. The molecule has 4 heteroatoms. The van der Waals surface area contributed by atoms with Crippen LogP contribution in [0.2, 0.25) is 5.02 Å². The van der Waals surface area contributed by atoms with Gasteiger partial charge >= 0.3 is 0 Å². The van der Waals surface area contributed by atoms with Crippen LogP contribution in [0, 0.1) is 5.41 Å². The molecular formula is C14H17ClN2S. The summed E-state index contributed by atoms with van der Waals surface area (Å²) in [5, 5.41) is 5.30. The average Bonchev–Trinajstić information content (AvgIpc) is 2.73. The van der Waals surface area contributed by atoms with Gasteiger partial charge < -0.3 is 5.32 Å². The van der Waals surface area contributed by atoms with Crippen LogP contribution in [0.25, 0.3) is 10.2 Å². The van der Waals surface area contributed by atoms with Crippen molar-refractivity contribution >= 4 is 38.3 Å². The molecule has 1 aromatic heterocycles. The third-order valence-electron chi connectivity index (χ3n) is 4.15. The van der Waals surface area contributed by atoms with Gasteiger partial charge in [0.05, 0.1) is 15.2 Å². The fourth-order valence-corrected chi connectivity index (χ4v) is 3.74. The number of thiazole rings is 1. The van der Waals surface area contributed by atoms with E-state index in [0.29, 0.717) is 5.41 Å². The molecule has 0 radical (unpaired) electrons. The van der Waals surface area contributed by atoms with E-state index in [4.69, 9.17) is 11.6 Å². The number of aromatic nitrogens is 1. The van der Waals surface area contributed by atoms with Gasteiger partial charge in [0, 0.05) is 6.54 Å². The third kappa shape index (κ3) is 2.10. The number of nitrogens with zero attached hydrogens (tertiary/aromatic N) is 1. The number of hydrogen-bond donors (Lipinski definition) is 1. The van der Waals surface area contributed by atoms with Crippen LogP contribution >= 0.6 is 22.9 Å². The highest BCUT2D eigenvalue weighted by molar-refractivity contribution is 7.22. The summed E-state index contributed by atoms with van der Waals surface area (Å²) < 4.78 is 1.08. The molecule has 1 aromatic carbocycles. The predicted molar refractivity (Wildman–Crippen MR) is 79.7 cm³/mol. The maximum atomic E-state index is 6.17. The molecule has 0 spiro atoms. The monoisotopic (exact) mass is 280 g/mol. The average molecular weight is 281 g/mol. The van der Waals surface area contributed by atoms with Crippen LogP contribution < -0.4 is 5.32 Å². The Hall–Kier alpha value is -0.800. The first-order chi connectivity index (χ1) is 8.72. The minimum Gasteiger partial charge on any atom is -0.361 e. The van der Waals surface area contributed by atoms with E-state index in [1.54, 1.807) is 11.3 Å². The van der Waals surface area contributed by atoms with Crippen molar-refractivity contribution in [1.29, 1.82) is 0 Å². The molecule has 2 aromatic rings. The minimum absolute atomic E-state index is 0.516. The van der Waals surface area contributed by atoms with Crippen LogP contribution in [-0.4, -0.2) is 11.5 Å². The van der Waals surface area contributed by atoms with Gasteiger partial charge in [-0.2, -0.15) is 0 Å². The molecule has 0 saturated heterocycles. The number of fused-ring (bicyclic) bond motifs is 1. The number of halogens is 1. The molecule has 0 atom stereocenters. The molecule has 1 fully saturated rings. The Kier molecular flexibility index (Phi) is 3.20. The molecule has 0 aliphatic heterocycles. The van der Waals surface area contributed by atoms with Crippen LogP contribution in [0.3, 0.4) is 0 Å². The van der Waals surface area contributed by atoms with E-state index in [0.717, 1.165) is 26.9 Å². The standard InChI is InChI=1S/C14H17ClN2S/c1-2-14(7-4-8-14)9-16-13-17-11-6-3-5-10(15)12(11)18-13/h3,5-6H,2,4,7-9H2,1H3,(H,16,17). The van der Waals surface area contributed by atoms with Gasteiger partial charge in [0.25, 0.3) is 0 Å². The second kappa shape index (κ2) is 4.71. The summed E-state index contributed by atoms with van der Waals surface area (Å²) in [7, 11) is 0. The largest absolute Gasteiger partial charge is 0.361 e. The third-order valence-corrected chi connectivity index (χ3v) is 5.63. The molecule has 0 amide bonds. The van der Waals surface area contributed by atoms with Crippen molar-refractivity contribution in [3.8, 4) is 0 Å². The summed E-state index contributed by atoms with van der Waals surface area (Å²) in [5.74, 6) is 0. The molecule has 1 aliphatic carbocycles. The van der Waals surface area contributed by atoms with Crippen LogP contribution in [0.15, 0.2) is 18.2 Å². The number of nitrogens with one attached hydrogen (secondary N) is 1. The Morgan fingerprint density at radius 3 is 2.89 bits per heavy atom. The van der Waals surface area contributed by atoms with E-state index in [2.05, 4.69) is 17.2 Å². The molecule has 3 rings (SSSR count). The van der Waals surface area contributed by atoms with Crippen molar-refractivity contribution in [1.82, 2.24) is 4.98 Å². The smallest absolute Gasteiger partial charge is 0.183 e. The molecule has 1 N–H and O–H groups in total. The fourth-order valence-electron chi connectivity index (χ4n) is 2.59. The summed E-state index contributed by atoms with van der Waals surface area (Å²) >= 11 is 7.82. The highest BCUT2D eigenvalue weighted by Crippen LogP contribution is 2.44. The van der Waals surface area contributed by atoms with Crippen LogP contribution in [0.1, 0.15) is 32.6 Å². The number of rotatable bonds is 4. The first-order valence-electron chi connectivity index (χ1n) is 6.51. The van der Waals surface area contributed by atoms with Gasteiger partial charge in [0.1, 0.15) is 0 Å². The van der Waals surface area contributed by atoms with Crippen molar-refractivity contribution in [3.63, 3.8) is 0 Å². The van der Waals surface area contributed by atoms with Gasteiger partial charge in [-0.15, -0.1) is 0 Å². The molecule has 0 bridgehead atoms. The molecule has 96 valence electrons. The quantitative estimate of drug-likeness (QED) is 0.858. The van der Waals surface area contributed by atoms with E-state index in [-0.39, 0.29) is 0 Å². The van der Waals surface area contributed by atoms with Gasteiger partial charge in [-0.05, 0) is 36.8 Å². The van der Waals surface area contributed by atoms with Gasteiger partial charge in [0.2, 0.25) is 0 Å². The van der Waals surface area contributed by atoms with Crippen molar-refractivity contribution in [2.45, 2.75) is 32.6 Å². The summed E-state index contributed by atoms with van der Waals surface area (Å²) in [4.78, 5) is 4.59. The second-order valence-corrected chi connectivity index (χ2v) is 6.57. The Morgan fingerprint density at radius 1 is 1.44 bits per heavy atom. The number of anilines is 1. The molecule has 1 saturated carbocycles. The Morgan fingerprint density at radius 2 is 2.28 bits per heavy atom. The fraction of sp³-hybridized carbons (Fsp3) is 0.500. The maximum Gasteiger partial charge on any atom is 0.183 e. The summed E-state index contributed by atoms with van der Waals surface area (Å²) in [6.07, 6.45) is 5.33. The van der Waals surface area contributed by atoms with Crippen molar-refractivity contribution in [3.05, 3.63) is 23.2 Å². The number of benzene rings is 1. The lowest BCUT2D eigenvalue weighted by atomic mass is 9.67. The normalized spacial score (nSPS) is 17.7. The van der Waals surface area contributed by atoms with Crippen molar-refractivity contribution < 1.29 is 0 Å². The van der Waals surface area contributed by atoms with Gasteiger partial charge in [0.15, 0.2) is 5.13 Å². The van der Waals surface area contributed by atoms with Crippen molar-refractivity contribution in [2.75, 3.05) is 11.9 Å². The highest BCUT2D eigenvalue weighted by Gasteiger charge is 2.34. The summed E-state index contributed by atoms with van der Waals surface area (Å²) in [5.41, 5.74) is 1.51. The maximum absolute atomic E-state index is 6.17. The Balaban J connectivity index is 1.77. The van der Waals surface area contributed by atoms with E-state index >= 15 is 0 Å². The second-order valence-electron chi connectivity index (χ2n) is 5.17. The van der Waals surface area contributed by atoms with Gasteiger partial charge in [-0.25, -0.2) is 4.98 Å². The number of hydrogen-bond acceptors (Lipinski definition) is 3. The van der Waals surface area contributed by atoms with Crippen LogP contribution in [0.5, 0.6) is 0 Å². The lowest BCUT2D eigenvalue weighted by molar-refractivity contribution is 0.145. The first-order valence-corrected chi connectivity index (χ1v) is 7.71. The SMILES string of the molecule is CCC1(CNc2nc3cccc(Cl)c3s2)CCC1. The zero-order chi connectivity index (χ0) is 12.6. The van der Waals surface area contributed by atoms with E-state index in [9.17, 15) is 0 Å².